The molecule has 0 spiro atoms. The molecule has 0 radical (unpaired) electrons. The molecule has 0 rings (SSSR count). The second-order valence-corrected chi connectivity index (χ2v) is 0.691. The fraction of sp³-hybridized carbons (Fsp3) is 0.250. The summed E-state index contributed by atoms with van der Waals surface area (Å²) in [6.07, 6.45) is -0.0833. The van der Waals surface area contributed by atoms with Crippen molar-refractivity contribution in [2.45, 2.75) is 6.92 Å². The third-order valence-corrected chi connectivity index (χ3v) is 0. The Morgan fingerprint density at radius 3 is 1.75 bits per heavy atom. The van der Waals surface area contributed by atoms with E-state index in [4.69, 9.17) is 15.0 Å². The average Bonchev–Trinajstić information content (AvgIpc) is 1.33. The van der Waals surface area contributed by atoms with Crippen LogP contribution in [0.2, 0.25) is 0 Å². The molecular formula is C4H9NaO3. The Balaban J connectivity index is -0.0000000233. The summed E-state index contributed by atoms with van der Waals surface area (Å²) in [5.41, 5.74) is 0. The number of hydrogen-bond acceptors (Lipinski definition) is 1. The predicted molar refractivity (Wildman–Crippen MR) is 27.6 cm³/mol. The summed E-state index contributed by atoms with van der Waals surface area (Å²) >= 11 is 0. The minimum absolute atomic E-state index is 0. The molecule has 0 aliphatic carbocycles. The Morgan fingerprint density at radius 1 is 1.75 bits per heavy atom. The van der Waals surface area contributed by atoms with Gasteiger partial charge in [0.1, 0.15) is 0 Å². The van der Waals surface area contributed by atoms with Crippen LogP contribution in [-0.4, -0.2) is 16.4 Å². The largest absolute Gasteiger partial charge is 1.00 e. The van der Waals surface area contributed by atoms with Crippen LogP contribution in [-0.2, 0) is 0 Å². The van der Waals surface area contributed by atoms with Gasteiger partial charge in [-0.25, -0.2) is 4.79 Å². The second-order valence-electron chi connectivity index (χ2n) is 0.691. The van der Waals surface area contributed by atoms with Gasteiger partial charge in [0.05, 0.1) is 0 Å². The van der Waals surface area contributed by atoms with E-state index in [1.807, 2.05) is 6.92 Å². The number of hydrogen-bond donors (Lipinski definition) is 2. The van der Waals surface area contributed by atoms with Gasteiger partial charge in [-0.05, 0) is 6.92 Å². The molecule has 0 aromatic heterocycles. The molecule has 0 aromatic rings. The number of carboxylic acid groups (broad SMARTS) is 2. The van der Waals surface area contributed by atoms with Gasteiger partial charge >= 0.3 is 35.7 Å². The van der Waals surface area contributed by atoms with Crippen LogP contribution in [0.5, 0.6) is 0 Å². The first-order valence-electron chi connectivity index (χ1n) is 1.64. The maximum absolute atomic E-state index is 8.56. The Kier molecular flexibility index (Phi) is 30.9. The van der Waals surface area contributed by atoms with Crippen molar-refractivity contribution in [3.63, 3.8) is 0 Å². The molecule has 0 amide bonds. The van der Waals surface area contributed by atoms with Crippen LogP contribution in [0.3, 0.4) is 0 Å². The molecule has 0 aromatic carbocycles. The van der Waals surface area contributed by atoms with Crippen LogP contribution in [0.25, 0.3) is 0 Å². The molecule has 0 fully saturated rings. The van der Waals surface area contributed by atoms with Crippen LogP contribution in [0.15, 0.2) is 12.7 Å². The normalized spacial score (nSPS) is 4.62. The monoisotopic (exact) mass is 128 g/mol. The number of carbonyl (C=O) groups is 1. The maximum atomic E-state index is 8.56. The van der Waals surface area contributed by atoms with Gasteiger partial charge in [0, 0.05) is 0 Å². The van der Waals surface area contributed by atoms with Crippen molar-refractivity contribution in [2.75, 3.05) is 0 Å². The van der Waals surface area contributed by atoms with Gasteiger partial charge in [-0.15, -0.1) is 6.58 Å². The first kappa shape index (κ1) is 15.7. The van der Waals surface area contributed by atoms with E-state index in [-0.39, 0.29) is 31.0 Å². The zero-order chi connectivity index (χ0) is 6.28. The fourth-order valence-electron chi connectivity index (χ4n) is 0. The number of rotatable bonds is 0. The summed E-state index contributed by atoms with van der Waals surface area (Å²) in [6.45, 7) is 5.25. The van der Waals surface area contributed by atoms with Crippen molar-refractivity contribution < 1.29 is 46.0 Å². The SMILES string of the molecule is C=CC.O=C(O)O.[H-].[Na+]. The van der Waals surface area contributed by atoms with Gasteiger partial charge in [0.15, 0.2) is 0 Å². The standard InChI is InChI=1S/C3H6.CH2O3.Na.H/c1-3-2;2-1(3)4;;/h3H,1H2,2H3;(H2,2,3,4);;/q;;+1;-1. The molecule has 8 heavy (non-hydrogen) atoms. The van der Waals surface area contributed by atoms with Crippen LogP contribution in [0, 0.1) is 0 Å². The average molecular weight is 128 g/mol. The van der Waals surface area contributed by atoms with Gasteiger partial charge in [-0.3, -0.25) is 0 Å². The van der Waals surface area contributed by atoms with E-state index in [0.29, 0.717) is 0 Å². The van der Waals surface area contributed by atoms with E-state index in [2.05, 4.69) is 6.58 Å². The Labute approximate surface area is 71.8 Å². The Bertz CT molecular complexity index is 62.8. The summed E-state index contributed by atoms with van der Waals surface area (Å²) in [4.78, 5) is 8.56. The van der Waals surface area contributed by atoms with E-state index in [1.54, 1.807) is 6.08 Å². The van der Waals surface area contributed by atoms with Crippen molar-refractivity contribution in [3.05, 3.63) is 12.7 Å². The van der Waals surface area contributed by atoms with Crippen molar-refractivity contribution in [1.82, 2.24) is 0 Å². The van der Waals surface area contributed by atoms with Gasteiger partial charge in [0.25, 0.3) is 0 Å². The van der Waals surface area contributed by atoms with E-state index in [9.17, 15) is 0 Å². The van der Waals surface area contributed by atoms with E-state index in [1.165, 1.54) is 0 Å². The third-order valence-electron chi connectivity index (χ3n) is 0. The van der Waals surface area contributed by atoms with Crippen molar-refractivity contribution in [3.8, 4) is 0 Å². The van der Waals surface area contributed by atoms with Gasteiger partial charge < -0.3 is 11.6 Å². The van der Waals surface area contributed by atoms with Crippen molar-refractivity contribution in [2.24, 2.45) is 0 Å². The molecule has 0 unspecified atom stereocenters. The van der Waals surface area contributed by atoms with E-state index < -0.39 is 6.16 Å². The smallest absolute Gasteiger partial charge is 1.00 e. The molecule has 0 aliphatic rings. The summed E-state index contributed by atoms with van der Waals surface area (Å²) in [5.74, 6) is 0. The summed E-state index contributed by atoms with van der Waals surface area (Å²) < 4.78 is 0. The minimum atomic E-state index is -1.83. The quantitative estimate of drug-likeness (QED) is 0.309. The molecule has 3 nitrogen and oxygen atoms in total. The third kappa shape index (κ3) is 1510000. The summed E-state index contributed by atoms with van der Waals surface area (Å²) in [6, 6.07) is 0. The molecule has 0 saturated heterocycles. The van der Waals surface area contributed by atoms with Gasteiger partial charge in [-0.1, -0.05) is 6.08 Å². The predicted octanol–water partition coefficient (Wildman–Crippen LogP) is -1.47. The van der Waals surface area contributed by atoms with Crippen molar-refractivity contribution >= 4 is 6.16 Å². The minimum Gasteiger partial charge on any atom is -1.00 e. The first-order valence-corrected chi connectivity index (χ1v) is 1.64. The molecule has 0 heterocycles. The van der Waals surface area contributed by atoms with Crippen LogP contribution in [0.4, 0.5) is 4.79 Å². The van der Waals surface area contributed by atoms with E-state index >= 15 is 0 Å². The summed E-state index contributed by atoms with van der Waals surface area (Å²) in [5, 5.41) is 13.9. The molecule has 0 atom stereocenters. The molecule has 0 bridgehead atoms. The van der Waals surface area contributed by atoms with Gasteiger partial charge in [0.2, 0.25) is 0 Å². The molecule has 44 valence electrons. The van der Waals surface area contributed by atoms with Gasteiger partial charge in [-0.2, -0.15) is 0 Å². The number of allylic oxidation sites excluding steroid dienone is 1. The zero-order valence-corrected chi connectivity index (χ0v) is 7.09. The van der Waals surface area contributed by atoms with E-state index in [0.717, 1.165) is 0 Å². The summed E-state index contributed by atoms with van der Waals surface area (Å²) in [7, 11) is 0. The van der Waals surface area contributed by atoms with Crippen LogP contribution >= 0.6 is 0 Å². The molecule has 2 N–H and O–H groups in total. The second kappa shape index (κ2) is 15.7. The Morgan fingerprint density at radius 2 is 1.75 bits per heavy atom. The maximum Gasteiger partial charge on any atom is 1.00 e. The fourth-order valence-corrected chi connectivity index (χ4v) is 0. The molecular weight excluding hydrogens is 119 g/mol. The first-order chi connectivity index (χ1) is 3.15. The topological polar surface area (TPSA) is 57.5 Å². The van der Waals surface area contributed by atoms with Crippen LogP contribution in [0.1, 0.15) is 8.35 Å². The molecule has 0 aliphatic heterocycles. The molecule has 0 saturated carbocycles. The van der Waals surface area contributed by atoms with Crippen LogP contribution < -0.4 is 29.6 Å². The Hall–Kier alpha value is 0.0100. The zero-order valence-electron chi connectivity index (χ0n) is 6.09. The molecule has 4 heteroatoms. The van der Waals surface area contributed by atoms with Crippen molar-refractivity contribution in [1.29, 1.82) is 0 Å².